The molecule has 1 fully saturated rings. The van der Waals surface area contributed by atoms with Gasteiger partial charge >= 0.3 is 0 Å². The molecular formula is C13H26ClNO2S. The van der Waals surface area contributed by atoms with Crippen molar-refractivity contribution in [1.82, 2.24) is 4.31 Å². The van der Waals surface area contributed by atoms with E-state index in [4.69, 9.17) is 11.6 Å². The van der Waals surface area contributed by atoms with Crippen LogP contribution in [0.3, 0.4) is 0 Å². The van der Waals surface area contributed by atoms with Gasteiger partial charge in [0.15, 0.2) is 0 Å². The molecule has 0 amide bonds. The Bertz CT molecular complexity index is 357. The summed E-state index contributed by atoms with van der Waals surface area (Å²) in [6.07, 6.45) is 4.14. The van der Waals surface area contributed by atoms with Crippen LogP contribution < -0.4 is 0 Å². The first-order valence-corrected chi connectivity index (χ1v) is 8.84. The molecule has 5 heteroatoms. The highest BCUT2D eigenvalue weighted by atomic mass is 35.5. The molecular weight excluding hydrogens is 270 g/mol. The van der Waals surface area contributed by atoms with E-state index in [0.717, 1.165) is 25.7 Å². The molecule has 0 radical (unpaired) electrons. The van der Waals surface area contributed by atoms with Crippen molar-refractivity contribution in [3.63, 3.8) is 0 Å². The van der Waals surface area contributed by atoms with Crippen LogP contribution in [-0.4, -0.2) is 37.4 Å². The molecule has 1 rings (SSSR count). The molecule has 0 heterocycles. The van der Waals surface area contributed by atoms with Crippen molar-refractivity contribution in [3.05, 3.63) is 0 Å². The van der Waals surface area contributed by atoms with Crippen molar-refractivity contribution < 1.29 is 8.42 Å². The lowest BCUT2D eigenvalue weighted by molar-refractivity contribution is 0.174. The van der Waals surface area contributed by atoms with Crippen LogP contribution in [0.1, 0.15) is 46.5 Å². The maximum atomic E-state index is 12.2. The Labute approximate surface area is 117 Å². The van der Waals surface area contributed by atoms with Gasteiger partial charge in [0.2, 0.25) is 10.0 Å². The van der Waals surface area contributed by atoms with Crippen LogP contribution in [0.25, 0.3) is 0 Å². The van der Waals surface area contributed by atoms with Crippen molar-refractivity contribution in [2.24, 2.45) is 11.3 Å². The van der Waals surface area contributed by atoms with Gasteiger partial charge in [0, 0.05) is 19.0 Å². The summed E-state index contributed by atoms with van der Waals surface area (Å²) in [5, 5.41) is 0. The average Bonchev–Trinajstić information content (AvgIpc) is 2.27. The fourth-order valence-corrected chi connectivity index (χ4v) is 4.47. The smallest absolute Gasteiger partial charge is 0.212 e. The summed E-state index contributed by atoms with van der Waals surface area (Å²) in [6.45, 7) is 6.39. The van der Waals surface area contributed by atoms with Gasteiger partial charge in [-0.05, 0) is 37.0 Å². The molecule has 0 saturated heterocycles. The first-order chi connectivity index (χ1) is 8.18. The van der Waals surface area contributed by atoms with Crippen LogP contribution in [0.5, 0.6) is 0 Å². The van der Waals surface area contributed by atoms with Crippen molar-refractivity contribution in [3.8, 4) is 0 Å². The zero-order valence-corrected chi connectivity index (χ0v) is 13.5. The highest BCUT2D eigenvalue weighted by Gasteiger charge is 2.33. The quantitative estimate of drug-likeness (QED) is 0.731. The fraction of sp³-hybridized carbons (Fsp3) is 1.00. The predicted octanol–water partition coefficient (Wildman–Crippen LogP) is 3.09. The first-order valence-electron chi connectivity index (χ1n) is 6.69. The second-order valence-corrected chi connectivity index (χ2v) is 8.83. The predicted molar refractivity (Wildman–Crippen MR) is 77.5 cm³/mol. The molecule has 18 heavy (non-hydrogen) atoms. The first kappa shape index (κ1) is 16.3. The minimum absolute atomic E-state index is 0.0131. The molecule has 0 aromatic carbocycles. The van der Waals surface area contributed by atoms with Crippen molar-refractivity contribution >= 4 is 21.6 Å². The van der Waals surface area contributed by atoms with E-state index in [1.54, 1.807) is 11.4 Å². The van der Waals surface area contributed by atoms with Crippen LogP contribution in [0.15, 0.2) is 0 Å². The zero-order valence-electron chi connectivity index (χ0n) is 11.9. The number of rotatable bonds is 5. The molecule has 0 spiro atoms. The summed E-state index contributed by atoms with van der Waals surface area (Å²) < 4.78 is 26.0. The number of nitrogens with zero attached hydrogens (tertiary/aromatic N) is 1. The van der Waals surface area contributed by atoms with Crippen LogP contribution in [-0.2, 0) is 10.0 Å². The van der Waals surface area contributed by atoms with E-state index in [2.05, 4.69) is 13.8 Å². The summed E-state index contributed by atoms with van der Waals surface area (Å²) in [4.78, 5) is 0. The monoisotopic (exact) mass is 295 g/mol. The maximum absolute atomic E-state index is 12.2. The second-order valence-electron chi connectivity index (χ2n) is 6.45. The molecule has 0 N–H and O–H groups in total. The Hall–Kier alpha value is 0.200. The van der Waals surface area contributed by atoms with E-state index in [9.17, 15) is 8.42 Å². The lowest BCUT2D eigenvalue weighted by atomic mass is 9.76. The van der Waals surface area contributed by atoms with Gasteiger partial charge in [0.1, 0.15) is 0 Å². The highest BCUT2D eigenvalue weighted by molar-refractivity contribution is 7.89. The summed E-state index contributed by atoms with van der Waals surface area (Å²) in [7, 11) is -1.44. The second kappa shape index (κ2) is 6.10. The zero-order chi connectivity index (χ0) is 14.0. The largest absolute Gasteiger partial charge is 0.214 e. The molecule has 0 bridgehead atoms. The van der Waals surface area contributed by atoms with E-state index in [1.165, 1.54) is 0 Å². The van der Waals surface area contributed by atoms with E-state index >= 15 is 0 Å². The van der Waals surface area contributed by atoms with Gasteiger partial charge in [-0.2, -0.15) is 0 Å². The van der Waals surface area contributed by atoms with Gasteiger partial charge in [-0.1, -0.05) is 20.8 Å². The third-order valence-electron chi connectivity index (χ3n) is 4.02. The molecule has 3 nitrogen and oxygen atoms in total. The normalized spacial score (nSPS) is 23.2. The summed E-state index contributed by atoms with van der Waals surface area (Å²) in [5.41, 5.74) is 0.366. The molecule has 1 unspecified atom stereocenters. The Kier molecular flexibility index (Phi) is 5.51. The van der Waals surface area contributed by atoms with Crippen molar-refractivity contribution in [2.45, 2.75) is 52.5 Å². The van der Waals surface area contributed by atoms with Gasteiger partial charge in [-0.3, -0.25) is 0 Å². The van der Waals surface area contributed by atoms with Gasteiger partial charge < -0.3 is 0 Å². The van der Waals surface area contributed by atoms with Gasteiger partial charge in [0.25, 0.3) is 0 Å². The van der Waals surface area contributed by atoms with Crippen LogP contribution >= 0.6 is 11.6 Å². The molecule has 0 aliphatic heterocycles. The van der Waals surface area contributed by atoms with Crippen LogP contribution in [0.4, 0.5) is 0 Å². The van der Waals surface area contributed by atoms with E-state index < -0.39 is 10.0 Å². The topological polar surface area (TPSA) is 37.4 Å². The molecule has 108 valence electrons. The van der Waals surface area contributed by atoms with Crippen LogP contribution in [0.2, 0.25) is 0 Å². The standard InChI is InChI=1S/C13H26ClNO2S/c1-11(9-14)10-18(16,17)15(4)12-5-7-13(2,3)8-6-12/h11-12H,5-10H2,1-4H3. The fourth-order valence-electron chi connectivity index (χ4n) is 2.50. The maximum Gasteiger partial charge on any atom is 0.214 e. The van der Waals surface area contributed by atoms with E-state index in [1.807, 2.05) is 6.92 Å². The van der Waals surface area contributed by atoms with Gasteiger partial charge in [-0.15, -0.1) is 11.6 Å². The van der Waals surface area contributed by atoms with Crippen molar-refractivity contribution in [2.75, 3.05) is 18.7 Å². The van der Waals surface area contributed by atoms with E-state index in [0.29, 0.717) is 11.3 Å². The average molecular weight is 296 g/mol. The summed E-state index contributed by atoms with van der Waals surface area (Å²) in [5.74, 6) is 0.566. The third-order valence-corrected chi connectivity index (χ3v) is 6.71. The third kappa shape index (κ3) is 4.39. The summed E-state index contributed by atoms with van der Waals surface area (Å²) in [6, 6.07) is 0.172. The molecule has 1 atom stereocenters. The summed E-state index contributed by atoms with van der Waals surface area (Å²) >= 11 is 5.70. The molecule has 0 aromatic rings. The number of sulfonamides is 1. The lowest BCUT2D eigenvalue weighted by Crippen LogP contribution is -2.42. The molecule has 1 saturated carbocycles. The van der Waals surface area contributed by atoms with Gasteiger partial charge in [0.05, 0.1) is 5.75 Å². The highest BCUT2D eigenvalue weighted by Crippen LogP contribution is 2.37. The molecule has 0 aromatic heterocycles. The number of alkyl halides is 1. The Morgan fingerprint density at radius 1 is 1.33 bits per heavy atom. The number of hydrogen-bond donors (Lipinski definition) is 0. The minimum Gasteiger partial charge on any atom is -0.212 e. The Balaban J connectivity index is 2.62. The van der Waals surface area contributed by atoms with Crippen molar-refractivity contribution in [1.29, 1.82) is 0 Å². The van der Waals surface area contributed by atoms with E-state index in [-0.39, 0.29) is 17.7 Å². The van der Waals surface area contributed by atoms with Gasteiger partial charge in [-0.25, -0.2) is 12.7 Å². The lowest BCUT2D eigenvalue weighted by Gasteiger charge is -2.38. The number of halogens is 1. The molecule has 1 aliphatic rings. The Morgan fingerprint density at radius 3 is 2.28 bits per heavy atom. The SMILES string of the molecule is CC(CCl)CS(=O)(=O)N(C)C1CCC(C)(C)CC1. The Morgan fingerprint density at radius 2 is 1.83 bits per heavy atom. The minimum atomic E-state index is -3.16. The number of hydrogen-bond acceptors (Lipinski definition) is 2. The van der Waals surface area contributed by atoms with Crippen LogP contribution in [0, 0.1) is 11.3 Å². The molecule has 1 aliphatic carbocycles.